The van der Waals surface area contributed by atoms with E-state index in [-0.39, 0.29) is 29.9 Å². The lowest BCUT2D eigenvalue weighted by atomic mass is 9.96. The van der Waals surface area contributed by atoms with Crippen molar-refractivity contribution in [2.45, 2.75) is 37.3 Å². The number of rotatable bonds is 11. The van der Waals surface area contributed by atoms with Gasteiger partial charge in [0, 0.05) is 30.7 Å². The number of nitrogens with two attached hydrogens (primary N) is 1. The highest BCUT2D eigenvalue weighted by Crippen LogP contribution is 2.32. The summed E-state index contributed by atoms with van der Waals surface area (Å²) in [6.45, 7) is 2.87. The Hall–Kier alpha value is -3.73. The summed E-state index contributed by atoms with van der Waals surface area (Å²) < 4.78 is 35.6. The molecule has 0 bridgehead atoms. The molecule has 0 radical (unpaired) electrons. The smallest absolute Gasteiger partial charge is 0.250 e. The van der Waals surface area contributed by atoms with Crippen LogP contribution in [-0.2, 0) is 31.0 Å². The van der Waals surface area contributed by atoms with E-state index in [1.54, 1.807) is 19.1 Å². The fourth-order valence-corrected chi connectivity index (χ4v) is 6.10. The summed E-state index contributed by atoms with van der Waals surface area (Å²) in [5.41, 5.74) is 8.09. The van der Waals surface area contributed by atoms with Crippen LogP contribution in [0, 0.1) is 5.92 Å². The summed E-state index contributed by atoms with van der Waals surface area (Å²) in [4.78, 5) is 26.2. The van der Waals surface area contributed by atoms with Crippen molar-refractivity contribution in [3.8, 4) is 0 Å². The molecule has 0 aliphatic carbocycles. The molecule has 3 aromatic rings. The highest BCUT2D eigenvalue weighted by Gasteiger charge is 2.29. The largest absolute Gasteiger partial charge is 0.370 e. The molecule has 1 heterocycles. The topological polar surface area (TPSA) is 131 Å². The third-order valence-corrected chi connectivity index (χ3v) is 8.32. The molecule has 4 N–H and O–H groups in total. The maximum Gasteiger partial charge on any atom is 0.250 e. The third kappa shape index (κ3) is 7.66. The van der Waals surface area contributed by atoms with Crippen molar-refractivity contribution in [1.29, 1.82) is 0 Å². The Morgan fingerprint density at radius 1 is 1.00 bits per heavy atom. The lowest BCUT2D eigenvalue weighted by Crippen LogP contribution is -2.39. The maximum absolute atomic E-state index is 13.7. The molecule has 0 aromatic heterocycles. The average molecular weight is 551 g/mol. The van der Waals surface area contributed by atoms with E-state index in [9.17, 15) is 18.0 Å². The minimum atomic E-state index is -3.99. The molecule has 1 fully saturated rings. The molecule has 0 saturated carbocycles. The van der Waals surface area contributed by atoms with Crippen LogP contribution in [0.1, 0.15) is 36.9 Å². The summed E-state index contributed by atoms with van der Waals surface area (Å²) >= 11 is 0. The number of carbonyl (C=O) groups excluding carboxylic acids is 2. The van der Waals surface area contributed by atoms with Crippen molar-refractivity contribution >= 4 is 33.2 Å². The zero-order valence-electron chi connectivity index (χ0n) is 21.9. The second-order valence-electron chi connectivity index (χ2n) is 9.63. The van der Waals surface area contributed by atoms with Gasteiger partial charge in [-0.1, -0.05) is 60.7 Å². The first-order valence-electron chi connectivity index (χ1n) is 12.9. The zero-order valence-corrected chi connectivity index (χ0v) is 22.7. The molecule has 1 saturated heterocycles. The molecule has 1 aliphatic heterocycles. The number of primary amides is 1. The fraction of sp³-hybridized carbons (Fsp3) is 0.310. The third-order valence-electron chi connectivity index (χ3n) is 6.75. The molecular weight excluding hydrogens is 516 g/mol. The van der Waals surface area contributed by atoms with Crippen LogP contribution in [0.5, 0.6) is 0 Å². The Labute approximate surface area is 229 Å². The highest BCUT2D eigenvalue weighted by atomic mass is 32.2. The van der Waals surface area contributed by atoms with Crippen LogP contribution in [-0.4, -0.2) is 39.9 Å². The molecule has 3 aromatic carbocycles. The van der Waals surface area contributed by atoms with Gasteiger partial charge in [0.1, 0.15) is 11.5 Å². The number of ether oxygens (including phenoxy) is 1. The number of nitrogens with one attached hydrogen (secondary N) is 2. The molecule has 9 nitrogen and oxygen atoms in total. The number of anilines is 2. The van der Waals surface area contributed by atoms with Crippen LogP contribution in [0.15, 0.2) is 83.8 Å². The van der Waals surface area contributed by atoms with E-state index in [1.165, 1.54) is 6.07 Å². The number of hydrogen-bond donors (Lipinski definition) is 3. The molecule has 206 valence electrons. The predicted molar refractivity (Wildman–Crippen MR) is 150 cm³/mol. The normalized spacial score (nSPS) is 15.1. The van der Waals surface area contributed by atoms with E-state index in [0.29, 0.717) is 37.3 Å². The van der Waals surface area contributed by atoms with Gasteiger partial charge in [0.15, 0.2) is 0 Å². The molecule has 2 amide bonds. The van der Waals surface area contributed by atoms with Gasteiger partial charge in [-0.3, -0.25) is 9.59 Å². The fourth-order valence-electron chi connectivity index (χ4n) is 4.61. The first kappa shape index (κ1) is 28.3. The lowest BCUT2D eigenvalue weighted by molar-refractivity contribution is -0.122. The molecule has 1 unspecified atom stereocenters. The number of carbonyl (C=O) groups is 2. The lowest BCUT2D eigenvalue weighted by Gasteiger charge is -2.33. The summed E-state index contributed by atoms with van der Waals surface area (Å²) in [5.74, 6) is -0.963. The van der Waals surface area contributed by atoms with Crippen molar-refractivity contribution in [2.24, 2.45) is 11.7 Å². The Morgan fingerprint density at radius 3 is 2.28 bits per heavy atom. The van der Waals surface area contributed by atoms with Crippen LogP contribution in [0.3, 0.4) is 0 Å². The van der Waals surface area contributed by atoms with Crippen LogP contribution in [0.25, 0.3) is 0 Å². The zero-order chi connectivity index (χ0) is 27.8. The van der Waals surface area contributed by atoms with Crippen LogP contribution >= 0.6 is 0 Å². The van der Waals surface area contributed by atoms with Gasteiger partial charge in [-0.25, -0.2) is 13.1 Å². The van der Waals surface area contributed by atoms with Crippen molar-refractivity contribution in [3.05, 3.63) is 90.0 Å². The molecule has 39 heavy (non-hydrogen) atoms. The van der Waals surface area contributed by atoms with Crippen LogP contribution in [0.2, 0.25) is 0 Å². The SMILES string of the molecule is CC(NS(=O)(=O)c1cc(NC(=O)COCc2ccccc2)ccc1N1CCC(C(N)=O)CC1)c1ccccc1. The number of benzene rings is 3. The van der Waals surface area contributed by atoms with Crippen molar-refractivity contribution in [1.82, 2.24) is 4.72 Å². The number of piperidine rings is 1. The summed E-state index contributed by atoms with van der Waals surface area (Å²) in [5, 5.41) is 2.74. The second kappa shape index (κ2) is 12.9. The molecule has 1 atom stereocenters. The van der Waals surface area contributed by atoms with Gasteiger partial charge in [0.2, 0.25) is 21.8 Å². The summed E-state index contributed by atoms with van der Waals surface area (Å²) in [7, 11) is -3.99. The van der Waals surface area contributed by atoms with E-state index in [0.717, 1.165) is 11.1 Å². The number of hydrogen-bond acceptors (Lipinski definition) is 6. The molecule has 1 aliphatic rings. The number of sulfonamides is 1. The minimum Gasteiger partial charge on any atom is -0.370 e. The average Bonchev–Trinajstić information content (AvgIpc) is 2.94. The number of amides is 2. The Bertz CT molecular complexity index is 1380. The summed E-state index contributed by atoms with van der Waals surface area (Å²) in [6, 6.07) is 23.1. The molecule has 0 spiro atoms. The van der Waals surface area contributed by atoms with Gasteiger partial charge in [-0.15, -0.1) is 0 Å². The van der Waals surface area contributed by atoms with Crippen LogP contribution in [0.4, 0.5) is 11.4 Å². The van der Waals surface area contributed by atoms with Gasteiger partial charge < -0.3 is 20.7 Å². The predicted octanol–water partition coefficient (Wildman–Crippen LogP) is 3.58. The van der Waals surface area contributed by atoms with E-state index in [1.807, 2.05) is 65.6 Å². The van der Waals surface area contributed by atoms with E-state index in [2.05, 4.69) is 10.0 Å². The van der Waals surface area contributed by atoms with Gasteiger partial charge in [0.25, 0.3) is 0 Å². The van der Waals surface area contributed by atoms with Gasteiger partial charge in [-0.2, -0.15) is 0 Å². The van der Waals surface area contributed by atoms with E-state index < -0.39 is 22.0 Å². The van der Waals surface area contributed by atoms with Crippen molar-refractivity contribution in [3.63, 3.8) is 0 Å². The van der Waals surface area contributed by atoms with Crippen molar-refractivity contribution < 1.29 is 22.7 Å². The monoisotopic (exact) mass is 550 g/mol. The second-order valence-corrected chi connectivity index (χ2v) is 11.3. The standard InChI is InChI=1S/C29H34N4O5S/c1-21(23-10-6-3-7-11-23)32-39(36,37)27-18-25(31-28(34)20-38-19-22-8-4-2-5-9-22)12-13-26(27)33-16-14-24(15-17-33)29(30)35/h2-13,18,21,24,32H,14-17,19-20H2,1H3,(H2,30,35)(H,31,34). The molecular formula is C29H34N4O5S. The summed E-state index contributed by atoms with van der Waals surface area (Å²) in [6.07, 6.45) is 1.08. The van der Waals surface area contributed by atoms with Gasteiger partial charge in [0.05, 0.1) is 12.3 Å². The first-order chi connectivity index (χ1) is 18.7. The van der Waals surface area contributed by atoms with Crippen LogP contribution < -0.4 is 20.7 Å². The van der Waals surface area contributed by atoms with Gasteiger partial charge in [-0.05, 0) is 49.1 Å². The van der Waals surface area contributed by atoms with E-state index >= 15 is 0 Å². The van der Waals surface area contributed by atoms with Crippen molar-refractivity contribution in [2.75, 3.05) is 29.9 Å². The number of nitrogens with zero attached hydrogens (tertiary/aromatic N) is 1. The Kier molecular flexibility index (Phi) is 9.34. The van der Waals surface area contributed by atoms with E-state index in [4.69, 9.17) is 10.5 Å². The molecule has 10 heteroatoms. The first-order valence-corrected chi connectivity index (χ1v) is 14.4. The van der Waals surface area contributed by atoms with Gasteiger partial charge >= 0.3 is 0 Å². The quantitative estimate of drug-likeness (QED) is 0.335. The minimum absolute atomic E-state index is 0.0470. The highest BCUT2D eigenvalue weighted by molar-refractivity contribution is 7.89. The Balaban J connectivity index is 1.53. The Morgan fingerprint density at radius 2 is 1.64 bits per heavy atom. The molecule has 4 rings (SSSR count). The maximum atomic E-state index is 13.7.